The molecule has 0 radical (unpaired) electrons. The van der Waals surface area contributed by atoms with Crippen LogP contribution in [0.25, 0.3) is 0 Å². The van der Waals surface area contributed by atoms with Crippen molar-refractivity contribution in [2.75, 3.05) is 32.5 Å². The molecule has 3 N–H and O–H groups in total. The predicted molar refractivity (Wildman–Crippen MR) is 87.6 cm³/mol. The summed E-state index contributed by atoms with van der Waals surface area (Å²) in [6, 6.07) is 4.96. The zero-order valence-corrected chi connectivity index (χ0v) is 14.3. The second-order valence-corrected chi connectivity index (χ2v) is 5.72. The van der Waals surface area contributed by atoms with E-state index in [1.54, 1.807) is 13.1 Å². The fraction of sp³-hybridized carbons (Fsp3) is 0.357. The fourth-order valence-corrected chi connectivity index (χ4v) is 2.21. The van der Waals surface area contributed by atoms with Gasteiger partial charge in [0.05, 0.1) is 13.1 Å². The number of amides is 4. The second-order valence-electron chi connectivity index (χ2n) is 4.81. The van der Waals surface area contributed by atoms with Crippen LogP contribution in [0.15, 0.2) is 22.7 Å². The van der Waals surface area contributed by atoms with E-state index in [4.69, 9.17) is 0 Å². The zero-order valence-electron chi connectivity index (χ0n) is 12.7. The lowest BCUT2D eigenvalue weighted by molar-refractivity contribution is -0.122. The zero-order chi connectivity index (χ0) is 16.7. The molecule has 0 aromatic heterocycles. The molecule has 0 spiro atoms. The molecule has 0 aliphatic rings. The molecule has 1 aromatic rings. The van der Waals surface area contributed by atoms with Crippen LogP contribution in [0.2, 0.25) is 0 Å². The summed E-state index contributed by atoms with van der Waals surface area (Å²) in [5, 5.41) is 7.19. The molecule has 120 valence electrons. The molecule has 0 aliphatic carbocycles. The van der Waals surface area contributed by atoms with E-state index in [1.165, 1.54) is 11.9 Å². The number of urea groups is 1. The Morgan fingerprint density at radius 2 is 1.82 bits per heavy atom. The molecule has 0 aliphatic heterocycles. The molecule has 0 unspecified atom stereocenters. The van der Waals surface area contributed by atoms with Gasteiger partial charge in [-0.2, -0.15) is 0 Å². The van der Waals surface area contributed by atoms with Crippen molar-refractivity contribution < 1.29 is 14.4 Å². The molecule has 0 saturated heterocycles. The van der Waals surface area contributed by atoms with Crippen molar-refractivity contribution >= 4 is 39.5 Å². The van der Waals surface area contributed by atoms with Gasteiger partial charge in [-0.25, -0.2) is 4.79 Å². The van der Waals surface area contributed by atoms with Crippen LogP contribution in [0.4, 0.5) is 10.5 Å². The molecule has 0 heterocycles. The van der Waals surface area contributed by atoms with E-state index in [1.807, 2.05) is 19.1 Å². The van der Waals surface area contributed by atoms with Gasteiger partial charge in [0, 0.05) is 17.2 Å². The molecule has 0 bridgehead atoms. The third kappa shape index (κ3) is 6.23. The van der Waals surface area contributed by atoms with E-state index in [0.717, 1.165) is 15.7 Å². The van der Waals surface area contributed by atoms with Gasteiger partial charge in [-0.1, -0.05) is 15.9 Å². The number of anilines is 1. The largest absolute Gasteiger partial charge is 0.341 e. The van der Waals surface area contributed by atoms with E-state index >= 15 is 0 Å². The molecule has 0 atom stereocenters. The van der Waals surface area contributed by atoms with Crippen LogP contribution in [0.3, 0.4) is 0 Å². The van der Waals surface area contributed by atoms with Gasteiger partial charge in [-0.15, -0.1) is 0 Å². The average Bonchev–Trinajstić information content (AvgIpc) is 2.41. The van der Waals surface area contributed by atoms with Gasteiger partial charge in [-0.05, 0) is 37.7 Å². The standard InChI is InChI=1S/C14H19BrN4O3/c1-9-6-10(15)4-5-11(9)17-12(20)7-19(3)8-13(21)18-14(22)16-2/h4-6H,7-8H2,1-3H3,(H,17,20)(H2,16,18,21,22). The minimum atomic E-state index is -0.576. The van der Waals surface area contributed by atoms with Crippen LogP contribution in [0, 0.1) is 6.92 Å². The topological polar surface area (TPSA) is 90.5 Å². The lowest BCUT2D eigenvalue weighted by Gasteiger charge is -2.16. The molecule has 1 aromatic carbocycles. The lowest BCUT2D eigenvalue weighted by Crippen LogP contribution is -2.44. The van der Waals surface area contributed by atoms with Crippen LogP contribution in [-0.2, 0) is 9.59 Å². The average molecular weight is 371 g/mol. The number of nitrogens with zero attached hydrogens (tertiary/aromatic N) is 1. The maximum Gasteiger partial charge on any atom is 0.321 e. The maximum atomic E-state index is 11.9. The van der Waals surface area contributed by atoms with E-state index in [-0.39, 0.29) is 19.0 Å². The van der Waals surface area contributed by atoms with E-state index in [9.17, 15) is 14.4 Å². The fourth-order valence-electron chi connectivity index (χ4n) is 1.73. The highest BCUT2D eigenvalue weighted by molar-refractivity contribution is 9.10. The second kappa shape index (κ2) is 8.50. The number of hydrogen-bond acceptors (Lipinski definition) is 4. The normalized spacial score (nSPS) is 10.2. The number of carbonyl (C=O) groups excluding carboxylic acids is 3. The molecule has 7 nitrogen and oxygen atoms in total. The number of rotatable bonds is 5. The number of imide groups is 1. The first-order valence-corrected chi connectivity index (χ1v) is 7.37. The third-order valence-electron chi connectivity index (χ3n) is 2.77. The lowest BCUT2D eigenvalue weighted by atomic mass is 10.2. The van der Waals surface area contributed by atoms with Crippen molar-refractivity contribution in [3.05, 3.63) is 28.2 Å². The first-order chi connectivity index (χ1) is 10.3. The Balaban J connectivity index is 2.47. The van der Waals surface area contributed by atoms with E-state index in [0.29, 0.717) is 0 Å². The van der Waals surface area contributed by atoms with Gasteiger partial charge in [0.25, 0.3) is 0 Å². The summed E-state index contributed by atoms with van der Waals surface area (Å²) in [7, 11) is 3.04. The molecule has 0 fully saturated rings. The maximum absolute atomic E-state index is 11.9. The minimum absolute atomic E-state index is 0.0384. The Bertz CT molecular complexity index is 577. The third-order valence-corrected chi connectivity index (χ3v) is 3.26. The highest BCUT2D eigenvalue weighted by Gasteiger charge is 2.13. The van der Waals surface area contributed by atoms with Crippen molar-refractivity contribution in [1.29, 1.82) is 0 Å². The van der Waals surface area contributed by atoms with Gasteiger partial charge in [0.15, 0.2) is 0 Å². The molecule has 4 amide bonds. The number of hydrogen-bond donors (Lipinski definition) is 3. The Morgan fingerprint density at radius 3 is 2.41 bits per heavy atom. The van der Waals surface area contributed by atoms with Gasteiger partial charge in [0.1, 0.15) is 0 Å². The molecule has 22 heavy (non-hydrogen) atoms. The highest BCUT2D eigenvalue weighted by atomic mass is 79.9. The summed E-state index contributed by atoms with van der Waals surface area (Å²) in [5.74, 6) is -0.713. The SMILES string of the molecule is CNC(=O)NC(=O)CN(C)CC(=O)Nc1ccc(Br)cc1C. The van der Waals surface area contributed by atoms with Gasteiger partial charge in [0.2, 0.25) is 11.8 Å². The van der Waals surface area contributed by atoms with E-state index < -0.39 is 11.9 Å². The number of benzene rings is 1. The number of halogens is 1. The van der Waals surface area contributed by atoms with Crippen LogP contribution in [-0.4, -0.2) is 49.9 Å². The van der Waals surface area contributed by atoms with Crippen molar-refractivity contribution in [2.45, 2.75) is 6.92 Å². The van der Waals surface area contributed by atoms with Gasteiger partial charge in [-0.3, -0.25) is 19.8 Å². The Labute approximate surface area is 137 Å². The number of aryl methyl sites for hydroxylation is 1. The summed E-state index contributed by atoms with van der Waals surface area (Å²) < 4.78 is 0.936. The van der Waals surface area contributed by atoms with Gasteiger partial charge >= 0.3 is 6.03 Å². The minimum Gasteiger partial charge on any atom is -0.341 e. The van der Waals surface area contributed by atoms with Crippen LogP contribution < -0.4 is 16.0 Å². The molecular weight excluding hydrogens is 352 g/mol. The summed E-state index contributed by atoms with van der Waals surface area (Å²) in [6.45, 7) is 1.87. The first kappa shape index (κ1) is 18.1. The monoisotopic (exact) mass is 370 g/mol. The Hall–Kier alpha value is -1.93. The Morgan fingerprint density at radius 1 is 1.18 bits per heavy atom. The smallest absolute Gasteiger partial charge is 0.321 e. The molecular formula is C14H19BrN4O3. The van der Waals surface area contributed by atoms with Crippen molar-refractivity contribution in [2.24, 2.45) is 0 Å². The van der Waals surface area contributed by atoms with Crippen LogP contribution in [0.1, 0.15) is 5.56 Å². The summed E-state index contributed by atoms with van der Waals surface area (Å²) in [6.07, 6.45) is 0. The number of nitrogens with one attached hydrogen (secondary N) is 3. The van der Waals surface area contributed by atoms with Gasteiger partial charge < -0.3 is 10.6 Å². The molecule has 0 saturated carbocycles. The Kier molecular flexibility index (Phi) is 7.00. The number of carbonyl (C=O) groups is 3. The predicted octanol–water partition coefficient (Wildman–Crippen LogP) is 1.08. The summed E-state index contributed by atoms with van der Waals surface area (Å²) in [5.41, 5.74) is 1.65. The molecule has 1 rings (SSSR count). The summed E-state index contributed by atoms with van der Waals surface area (Å²) in [4.78, 5) is 36.0. The quantitative estimate of drug-likeness (QED) is 0.723. The van der Waals surface area contributed by atoms with Crippen LogP contribution >= 0.6 is 15.9 Å². The highest BCUT2D eigenvalue weighted by Crippen LogP contribution is 2.19. The van der Waals surface area contributed by atoms with Crippen molar-refractivity contribution in [1.82, 2.24) is 15.5 Å². The first-order valence-electron chi connectivity index (χ1n) is 6.58. The van der Waals surface area contributed by atoms with Crippen LogP contribution in [0.5, 0.6) is 0 Å². The van der Waals surface area contributed by atoms with Crippen molar-refractivity contribution in [3.63, 3.8) is 0 Å². The number of likely N-dealkylation sites (N-methyl/N-ethyl adjacent to an activating group) is 1. The summed E-state index contributed by atoms with van der Waals surface area (Å²) >= 11 is 3.36. The van der Waals surface area contributed by atoms with E-state index in [2.05, 4.69) is 31.9 Å². The molecule has 8 heteroatoms. The van der Waals surface area contributed by atoms with Crippen molar-refractivity contribution in [3.8, 4) is 0 Å².